The van der Waals surface area contributed by atoms with Gasteiger partial charge in [0, 0.05) is 11.5 Å². The molecule has 2 aromatic heterocycles. The number of nitrogens with one attached hydrogen (secondary N) is 1. The van der Waals surface area contributed by atoms with Gasteiger partial charge in [0.1, 0.15) is 0 Å². The zero-order chi connectivity index (χ0) is 13.5. The fraction of sp³-hybridized carbons (Fsp3) is 0.300. The first-order valence-corrected chi connectivity index (χ1v) is 8.24. The molecule has 0 aliphatic rings. The Morgan fingerprint density at radius 1 is 1.44 bits per heavy atom. The second-order valence-corrected chi connectivity index (χ2v) is 7.48. The SMILES string of the molecule is Cc1nn(C)c(C)c1NS(=O)(=O)c1sccc1Br. The van der Waals surface area contributed by atoms with Gasteiger partial charge in [0.25, 0.3) is 10.0 Å². The maximum atomic E-state index is 12.2. The standard InChI is InChI=1S/C10H12BrN3O2S2/c1-6-9(7(2)14(3)12-6)13-18(15,16)10-8(11)4-5-17-10/h4-5,13H,1-3H3. The average Bonchev–Trinajstić information content (AvgIpc) is 2.79. The van der Waals surface area contributed by atoms with Gasteiger partial charge in [-0.15, -0.1) is 11.3 Å². The van der Waals surface area contributed by atoms with Crippen LogP contribution in [0.15, 0.2) is 20.1 Å². The van der Waals surface area contributed by atoms with E-state index in [2.05, 4.69) is 25.8 Å². The molecule has 18 heavy (non-hydrogen) atoms. The second-order valence-electron chi connectivity index (χ2n) is 3.83. The van der Waals surface area contributed by atoms with E-state index in [-0.39, 0.29) is 4.21 Å². The molecule has 1 N–H and O–H groups in total. The summed E-state index contributed by atoms with van der Waals surface area (Å²) in [5, 5.41) is 5.90. The third-order valence-corrected chi connectivity index (χ3v) is 6.59. The number of hydrogen-bond donors (Lipinski definition) is 1. The van der Waals surface area contributed by atoms with Crippen LogP contribution in [0.4, 0.5) is 5.69 Å². The molecule has 0 aromatic carbocycles. The Labute approximate surface area is 118 Å². The molecule has 2 aromatic rings. The minimum Gasteiger partial charge on any atom is -0.275 e. The lowest BCUT2D eigenvalue weighted by Gasteiger charge is -2.07. The van der Waals surface area contributed by atoms with E-state index in [0.717, 1.165) is 5.69 Å². The van der Waals surface area contributed by atoms with Crippen molar-refractivity contribution >= 4 is 43.0 Å². The summed E-state index contributed by atoms with van der Waals surface area (Å²) < 4.78 is 29.5. The Kier molecular flexibility index (Phi) is 3.52. The lowest BCUT2D eigenvalue weighted by Crippen LogP contribution is -2.13. The number of rotatable bonds is 3. The summed E-state index contributed by atoms with van der Waals surface area (Å²) in [4.78, 5) is 0. The van der Waals surface area contributed by atoms with Gasteiger partial charge in [-0.05, 0) is 41.2 Å². The van der Waals surface area contributed by atoms with Crippen molar-refractivity contribution < 1.29 is 8.42 Å². The predicted octanol–water partition coefficient (Wildman–Crippen LogP) is 2.66. The molecule has 0 aliphatic heterocycles. The molecule has 0 bridgehead atoms. The summed E-state index contributed by atoms with van der Waals surface area (Å²) in [6.45, 7) is 3.59. The van der Waals surface area contributed by atoms with Crippen molar-refractivity contribution in [2.75, 3.05) is 4.72 Å². The van der Waals surface area contributed by atoms with Crippen molar-refractivity contribution in [2.24, 2.45) is 7.05 Å². The number of thiophene rings is 1. The number of sulfonamides is 1. The van der Waals surface area contributed by atoms with Crippen LogP contribution < -0.4 is 4.72 Å². The fourth-order valence-electron chi connectivity index (χ4n) is 1.57. The lowest BCUT2D eigenvalue weighted by molar-refractivity contribution is 0.602. The normalized spacial score (nSPS) is 11.8. The molecule has 0 fully saturated rings. The number of nitrogens with zero attached hydrogens (tertiary/aromatic N) is 2. The van der Waals surface area contributed by atoms with Gasteiger partial charge in [0.15, 0.2) is 4.21 Å². The highest BCUT2D eigenvalue weighted by Gasteiger charge is 2.22. The van der Waals surface area contributed by atoms with Crippen LogP contribution in [0.3, 0.4) is 0 Å². The van der Waals surface area contributed by atoms with Gasteiger partial charge in [0.2, 0.25) is 0 Å². The third kappa shape index (κ3) is 2.32. The quantitative estimate of drug-likeness (QED) is 0.926. The largest absolute Gasteiger partial charge is 0.275 e. The Hall–Kier alpha value is -0.860. The van der Waals surface area contributed by atoms with Crippen LogP contribution in [-0.2, 0) is 17.1 Å². The molecule has 0 spiro atoms. The van der Waals surface area contributed by atoms with E-state index < -0.39 is 10.0 Å². The number of halogens is 1. The van der Waals surface area contributed by atoms with E-state index in [0.29, 0.717) is 15.9 Å². The van der Waals surface area contributed by atoms with Crippen LogP contribution in [0.25, 0.3) is 0 Å². The number of anilines is 1. The first-order chi connectivity index (χ1) is 8.33. The van der Waals surface area contributed by atoms with Crippen molar-refractivity contribution in [2.45, 2.75) is 18.1 Å². The molecule has 0 saturated heterocycles. The van der Waals surface area contributed by atoms with Crippen molar-refractivity contribution in [1.29, 1.82) is 0 Å². The predicted molar refractivity (Wildman–Crippen MR) is 75.5 cm³/mol. The van der Waals surface area contributed by atoms with Gasteiger partial charge >= 0.3 is 0 Å². The van der Waals surface area contributed by atoms with Gasteiger partial charge in [0.05, 0.1) is 17.1 Å². The highest BCUT2D eigenvalue weighted by molar-refractivity contribution is 9.10. The van der Waals surface area contributed by atoms with Crippen molar-refractivity contribution in [3.63, 3.8) is 0 Å². The zero-order valence-electron chi connectivity index (χ0n) is 10.1. The molecular weight excluding hydrogens is 338 g/mol. The molecule has 0 aliphatic carbocycles. The van der Waals surface area contributed by atoms with Crippen LogP contribution in [0, 0.1) is 13.8 Å². The van der Waals surface area contributed by atoms with E-state index in [1.807, 2.05) is 6.92 Å². The van der Waals surface area contributed by atoms with Crippen LogP contribution in [0.1, 0.15) is 11.4 Å². The highest BCUT2D eigenvalue weighted by atomic mass is 79.9. The first kappa shape index (κ1) is 13.6. The lowest BCUT2D eigenvalue weighted by atomic mass is 10.3. The maximum absolute atomic E-state index is 12.2. The molecule has 98 valence electrons. The van der Waals surface area contributed by atoms with Crippen LogP contribution >= 0.6 is 27.3 Å². The van der Waals surface area contributed by atoms with E-state index in [4.69, 9.17) is 0 Å². The molecular formula is C10H12BrN3O2S2. The Morgan fingerprint density at radius 3 is 2.56 bits per heavy atom. The van der Waals surface area contributed by atoms with E-state index in [1.54, 1.807) is 30.1 Å². The van der Waals surface area contributed by atoms with Gasteiger partial charge in [-0.1, -0.05) is 0 Å². The Morgan fingerprint density at radius 2 is 2.11 bits per heavy atom. The smallest absolute Gasteiger partial charge is 0.272 e. The summed E-state index contributed by atoms with van der Waals surface area (Å²) in [6.07, 6.45) is 0. The summed E-state index contributed by atoms with van der Waals surface area (Å²) >= 11 is 4.40. The van der Waals surface area contributed by atoms with Crippen LogP contribution in [0.5, 0.6) is 0 Å². The summed E-state index contributed by atoms with van der Waals surface area (Å²) in [6, 6.07) is 1.71. The zero-order valence-corrected chi connectivity index (χ0v) is 13.3. The van der Waals surface area contributed by atoms with Crippen LogP contribution in [-0.4, -0.2) is 18.2 Å². The summed E-state index contributed by atoms with van der Waals surface area (Å²) in [5.41, 5.74) is 1.98. The number of aryl methyl sites for hydroxylation is 2. The Balaban J connectivity index is 2.43. The van der Waals surface area contributed by atoms with Gasteiger partial charge in [-0.3, -0.25) is 9.40 Å². The van der Waals surface area contributed by atoms with Crippen molar-refractivity contribution in [3.8, 4) is 0 Å². The molecule has 0 unspecified atom stereocenters. The topological polar surface area (TPSA) is 64.0 Å². The third-order valence-electron chi connectivity index (χ3n) is 2.57. The second kappa shape index (κ2) is 4.67. The molecule has 0 saturated carbocycles. The summed E-state index contributed by atoms with van der Waals surface area (Å²) in [5.74, 6) is 0. The molecule has 8 heteroatoms. The fourth-order valence-corrected chi connectivity index (χ4v) is 5.09. The van der Waals surface area contributed by atoms with Gasteiger partial charge < -0.3 is 0 Å². The molecule has 0 atom stereocenters. The van der Waals surface area contributed by atoms with Crippen LogP contribution in [0.2, 0.25) is 0 Å². The Bertz CT molecular complexity index is 688. The van der Waals surface area contributed by atoms with Crippen molar-refractivity contribution in [3.05, 3.63) is 27.3 Å². The van der Waals surface area contributed by atoms with Crippen molar-refractivity contribution in [1.82, 2.24) is 9.78 Å². The maximum Gasteiger partial charge on any atom is 0.272 e. The number of hydrogen-bond acceptors (Lipinski definition) is 4. The molecule has 2 heterocycles. The minimum atomic E-state index is -3.56. The van der Waals surface area contributed by atoms with E-state index >= 15 is 0 Å². The van der Waals surface area contributed by atoms with Gasteiger partial charge in [-0.25, -0.2) is 8.42 Å². The minimum absolute atomic E-state index is 0.269. The van der Waals surface area contributed by atoms with E-state index in [9.17, 15) is 8.42 Å². The molecule has 0 radical (unpaired) electrons. The number of aromatic nitrogens is 2. The molecule has 2 rings (SSSR count). The van der Waals surface area contributed by atoms with E-state index in [1.165, 1.54) is 11.3 Å². The molecule has 0 amide bonds. The highest BCUT2D eigenvalue weighted by Crippen LogP contribution is 2.30. The monoisotopic (exact) mass is 349 g/mol. The summed E-state index contributed by atoms with van der Waals surface area (Å²) in [7, 11) is -1.79. The molecule has 5 nitrogen and oxygen atoms in total. The van der Waals surface area contributed by atoms with Gasteiger partial charge in [-0.2, -0.15) is 5.10 Å². The first-order valence-electron chi connectivity index (χ1n) is 5.09. The average molecular weight is 350 g/mol.